The molecule has 1 saturated carbocycles. The molecule has 1 aliphatic rings. The van der Waals surface area contributed by atoms with E-state index in [2.05, 4.69) is 19.2 Å². The van der Waals surface area contributed by atoms with Crippen LogP contribution in [0.15, 0.2) is 0 Å². The highest BCUT2D eigenvalue weighted by Crippen LogP contribution is 2.29. The lowest BCUT2D eigenvalue weighted by atomic mass is 9.79. The first kappa shape index (κ1) is 16.7. The normalized spacial score (nSPS) is 24.2. The first-order valence-electron chi connectivity index (χ1n) is 6.63. The van der Waals surface area contributed by atoms with Gasteiger partial charge in [0.1, 0.15) is 0 Å². The van der Waals surface area contributed by atoms with Crippen molar-refractivity contribution < 1.29 is 4.79 Å². The van der Waals surface area contributed by atoms with Crippen molar-refractivity contribution in [1.29, 1.82) is 0 Å². The van der Waals surface area contributed by atoms with Gasteiger partial charge in [0.25, 0.3) is 0 Å². The molecule has 0 aromatic carbocycles. The van der Waals surface area contributed by atoms with Crippen molar-refractivity contribution in [3.05, 3.63) is 0 Å². The standard InChI is InChI=1S/C13H26N2O.ClH/c1-10(2)11-5-3-6-12(9-11)15-13(16)7-4-8-14;/h10-12H,3-9,14H2,1-2H3,(H,15,16);1H. The van der Waals surface area contributed by atoms with Crippen molar-refractivity contribution in [3.63, 3.8) is 0 Å². The molecule has 3 nitrogen and oxygen atoms in total. The predicted molar refractivity (Wildman–Crippen MR) is 74.3 cm³/mol. The number of carbonyl (C=O) groups excluding carboxylic acids is 1. The number of halogens is 1. The molecule has 0 radical (unpaired) electrons. The van der Waals surface area contributed by atoms with E-state index in [9.17, 15) is 4.79 Å². The summed E-state index contributed by atoms with van der Waals surface area (Å²) in [7, 11) is 0. The van der Waals surface area contributed by atoms with Gasteiger partial charge in [-0.2, -0.15) is 0 Å². The molecule has 0 saturated heterocycles. The predicted octanol–water partition coefficient (Wildman–Crippen LogP) is 2.48. The van der Waals surface area contributed by atoms with E-state index in [4.69, 9.17) is 5.73 Å². The van der Waals surface area contributed by atoms with Crippen molar-refractivity contribution in [2.24, 2.45) is 17.6 Å². The molecular formula is C13H27ClN2O. The summed E-state index contributed by atoms with van der Waals surface area (Å²) in [5.74, 6) is 1.71. The molecule has 0 heterocycles. The van der Waals surface area contributed by atoms with Crippen LogP contribution in [0.25, 0.3) is 0 Å². The number of hydrogen-bond donors (Lipinski definition) is 2. The van der Waals surface area contributed by atoms with Crippen molar-refractivity contribution >= 4 is 18.3 Å². The summed E-state index contributed by atoms with van der Waals surface area (Å²) >= 11 is 0. The zero-order valence-corrected chi connectivity index (χ0v) is 11.9. The summed E-state index contributed by atoms with van der Waals surface area (Å²) in [6.45, 7) is 5.17. The second-order valence-electron chi connectivity index (χ2n) is 5.33. The van der Waals surface area contributed by atoms with Crippen LogP contribution < -0.4 is 11.1 Å². The Morgan fingerprint density at radius 1 is 1.41 bits per heavy atom. The van der Waals surface area contributed by atoms with Gasteiger partial charge in [0, 0.05) is 12.5 Å². The molecule has 102 valence electrons. The smallest absolute Gasteiger partial charge is 0.220 e. The number of nitrogens with one attached hydrogen (secondary N) is 1. The molecule has 0 aromatic heterocycles. The second kappa shape index (κ2) is 8.76. The van der Waals surface area contributed by atoms with Crippen LogP contribution in [0.3, 0.4) is 0 Å². The van der Waals surface area contributed by atoms with Gasteiger partial charge in [0.15, 0.2) is 0 Å². The van der Waals surface area contributed by atoms with Gasteiger partial charge in [-0.25, -0.2) is 0 Å². The fourth-order valence-corrected chi connectivity index (χ4v) is 2.53. The lowest BCUT2D eigenvalue weighted by Gasteiger charge is -2.32. The molecule has 17 heavy (non-hydrogen) atoms. The quantitative estimate of drug-likeness (QED) is 0.800. The minimum atomic E-state index is 0. The Hall–Kier alpha value is -0.280. The van der Waals surface area contributed by atoms with E-state index in [1.807, 2.05) is 0 Å². The first-order chi connectivity index (χ1) is 7.63. The number of hydrogen-bond acceptors (Lipinski definition) is 2. The Balaban J connectivity index is 0.00000256. The van der Waals surface area contributed by atoms with Crippen molar-refractivity contribution in [3.8, 4) is 0 Å². The minimum absolute atomic E-state index is 0. The minimum Gasteiger partial charge on any atom is -0.353 e. The van der Waals surface area contributed by atoms with E-state index in [-0.39, 0.29) is 18.3 Å². The number of nitrogens with two attached hydrogens (primary N) is 1. The van der Waals surface area contributed by atoms with Gasteiger partial charge in [0.05, 0.1) is 0 Å². The summed E-state index contributed by atoms with van der Waals surface area (Å²) in [6, 6.07) is 0.409. The fraction of sp³-hybridized carbons (Fsp3) is 0.923. The molecule has 0 aromatic rings. The number of carbonyl (C=O) groups is 1. The molecule has 1 aliphatic carbocycles. The molecule has 0 spiro atoms. The Labute approximate surface area is 111 Å². The third-order valence-corrected chi connectivity index (χ3v) is 3.63. The van der Waals surface area contributed by atoms with Gasteiger partial charge in [0.2, 0.25) is 5.91 Å². The molecule has 0 bridgehead atoms. The second-order valence-corrected chi connectivity index (χ2v) is 5.33. The van der Waals surface area contributed by atoms with Gasteiger partial charge in [-0.05, 0) is 37.6 Å². The van der Waals surface area contributed by atoms with Gasteiger partial charge >= 0.3 is 0 Å². The topological polar surface area (TPSA) is 55.1 Å². The largest absolute Gasteiger partial charge is 0.353 e. The van der Waals surface area contributed by atoms with Crippen LogP contribution in [0.5, 0.6) is 0 Å². The van der Waals surface area contributed by atoms with Crippen molar-refractivity contribution in [2.45, 2.75) is 58.4 Å². The third-order valence-electron chi connectivity index (χ3n) is 3.63. The van der Waals surface area contributed by atoms with Gasteiger partial charge in [-0.1, -0.05) is 26.7 Å². The maximum Gasteiger partial charge on any atom is 0.220 e. The summed E-state index contributed by atoms with van der Waals surface area (Å²) in [4.78, 5) is 11.6. The maximum absolute atomic E-state index is 11.6. The van der Waals surface area contributed by atoms with E-state index in [0.29, 0.717) is 19.0 Å². The van der Waals surface area contributed by atoms with Crippen molar-refractivity contribution in [2.75, 3.05) is 6.54 Å². The maximum atomic E-state index is 11.6. The molecular weight excluding hydrogens is 236 g/mol. The molecule has 4 heteroatoms. The first-order valence-corrected chi connectivity index (χ1v) is 6.63. The van der Waals surface area contributed by atoms with Crippen LogP contribution >= 0.6 is 12.4 Å². The number of rotatable bonds is 5. The fourth-order valence-electron chi connectivity index (χ4n) is 2.53. The van der Waals surface area contributed by atoms with E-state index in [1.165, 1.54) is 12.8 Å². The molecule has 2 unspecified atom stereocenters. The lowest BCUT2D eigenvalue weighted by Crippen LogP contribution is -2.39. The van der Waals surface area contributed by atoms with Crippen LogP contribution in [-0.4, -0.2) is 18.5 Å². The van der Waals surface area contributed by atoms with E-state index in [1.54, 1.807) is 0 Å². The third kappa shape index (κ3) is 6.27. The summed E-state index contributed by atoms with van der Waals surface area (Å²) in [6.07, 6.45) is 6.27. The number of amides is 1. The Morgan fingerprint density at radius 2 is 2.12 bits per heavy atom. The molecule has 0 aliphatic heterocycles. The SMILES string of the molecule is CC(C)C1CCCC(NC(=O)CCCN)C1.Cl. The molecule has 1 amide bonds. The molecule has 3 N–H and O–H groups in total. The zero-order valence-electron chi connectivity index (χ0n) is 11.1. The van der Waals surface area contributed by atoms with Gasteiger partial charge in [-0.15, -0.1) is 12.4 Å². The summed E-state index contributed by atoms with van der Waals surface area (Å²) in [5.41, 5.74) is 5.39. The van der Waals surface area contributed by atoms with E-state index >= 15 is 0 Å². The lowest BCUT2D eigenvalue weighted by molar-refractivity contribution is -0.122. The van der Waals surface area contributed by atoms with Gasteiger partial charge < -0.3 is 11.1 Å². The highest BCUT2D eigenvalue weighted by Gasteiger charge is 2.24. The van der Waals surface area contributed by atoms with Crippen molar-refractivity contribution in [1.82, 2.24) is 5.32 Å². The Bertz CT molecular complexity index is 221. The monoisotopic (exact) mass is 262 g/mol. The van der Waals surface area contributed by atoms with E-state index in [0.717, 1.165) is 31.1 Å². The van der Waals surface area contributed by atoms with Crippen LogP contribution in [0, 0.1) is 11.8 Å². The molecule has 1 fully saturated rings. The summed E-state index contributed by atoms with van der Waals surface area (Å²) in [5, 5.41) is 3.14. The van der Waals surface area contributed by atoms with E-state index < -0.39 is 0 Å². The molecule has 2 atom stereocenters. The van der Waals surface area contributed by atoms with Crippen LogP contribution in [-0.2, 0) is 4.79 Å². The zero-order chi connectivity index (χ0) is 12.0. The van der Waals surface area contributed by atoms with Crippen LogP contribution in [0.1, 0.15) is 52.4 Å². The Morgan fingerprint density at radius 3 is 2.71 bits per heavy atom. The summed E-state index contributed by atoms with van der Waals surface area (Å²) < 4.78 is 0. The molecule has 1 rings (SSSR count). The van der Waals surface area contributed by atoms with Gasteiger partial charge in [-0.3, -0.25) is 4.79 Å². The Kier molecular flexibility index (Phi) is 8.61. The van der Waals surface area contributed by atoms with Crippen LogP contribution in [0.2, 0.25) is 0 Å². The average molecular weight is 263 g/mol. The average Bonchev–Trinajstić information content (AvgIpc) is 2.26. The van der Waals surface area contributed by atoms with Crippen LogP contribution in [0.4, 0.5) is 0 Å². The highest BCUT2D eigenvalue weighted by atomic mass is 35.5. The highest BCUT2D eigenvalue weighted by molar-refractivity contribution is 5.85.